The van der Waals surface area contributed by atoms with Gasteiger partial charge in [-0.05, 0) is 49.9 Å². The first-order valence-corrected chi connectivity index (χ1v) is 12.2. The van der Waals surface area contributed by atoms with Crippen LogP contribution in [0.15, 0.2) is 24.3 Å². The summed E-state index contributed by atoms with van der Waals surface area (Å²) in [5.74, 6) is 1.25. The number of nitrogens with zero attached hydrogens (tertiary/aromatic N) is 2. The first-order valence-electron chi connectivity index (χ1n) is 12.2. The van der Waals surface area contributed by atoms with Crippen LogP contribution in [0.2, 0.25) is 0 Å². The lowest BCUT2D eigenvalue weighted by molar-refractivity contribution is -0.133. The largest absolute Gasteiger partial charge is 0.497 e. The standard InChI is InChI=1S/C25H39N3O3/c1-30-23-7-5-6-21(18-23)19-26-13-10-22-8-9-24(29)28(22)20-25(11-3-2-4-12-25)27-14-16-31-17-15-27/h5-7,18,22,26H,2-4,8-17,19-20H2,1H3/t22-/m1/s1. The van der Waals surface area contributed by atoms with E-state index < -0.39 is 0 Å². The molecule has 3 fully saturated rings. The molecule has 0 radical (unpaired) electrons. The summed E-state index contributed by atoms with van der Waals surface area (Å²) in [6, 6.07) is 8.57. The highest BCUT2D eigenvalue weighted by atomic mass is 16.5. The van der Waals surface area contributed by atoms with Crippen LogP contribution >= 0.6 is 0 Å². The van der Waals surface area contributed by atoms with Crippen LogP contribution in [0.25, 0.3) is 0 Å². The van der Waals surface area contributed by atoms with Crippen LogP contribution in [0.4, 0.5) is 0 Å². The Bertz CT molecular complexity index is 714. The zero-order chi connectivity index (χ0) is 21.5. The zero-order valence-electron chi connectivity index (χ0n) is 19.1. The van der Waals surface area contributed by atoms with Crippen LogP contribution in [0, 0.1) is 0 Å². The monoisotopic (exact) mass is 429 g/mol. The molecule has 6 nitrogen and oxygen atoms in total. The third kappa shape index (κ3) is 5.60. The molecule has 0 unspecified atom stereocenters. The number of ether oxygens (including phenoxy) is 2. The molecule has 0 aromatic heterocycles. The van der Waals surface area contributed by atoms with Crippen molar-refractivity contribution >= 4 is 5.91 Å². The summed E-state index contributed by atoms with van der Waals surface area (Å²) in [7, 11) is 1.70. The van der Waals surface area contributed by atoms with Crippen LogP contribution in [-0.4, -0.2) is 73.8 Å². The minimum Gasteiger partial charge on any atom is -0.497 e. The molecule has 1 saturated carbocycles. The Hall–Kier alpha value is -1.63. The van der Waals surface area contributed by atoms with Crippen LogP contribution in [0.3, 0.4) is 0 Å². The molecule has 1 aromatic carbocycles. The average molecular weight is 430 g/mol. The number of rotatable bonds is 9. The topological polar surface area (TPSA) is 54.0 Å². The lowest BCUT2D eigenvalue weighted by Crippen LogP contribution is -2.60. The summed E-state index contributed by atoms with van der Waals surface area (Å²) in [6.45, 7) is 6.34. The number of hydrogen-bond donors (Lipinski definition) is 1. The summed E-state index contributed by atoms with van der Waals surface area (Å²) in [4.78, 5) is 17.8. The van der Waals surface area contributed by atoms with Crippen molar-refractivity contribution in [1.82, 2.24) is 15.1 Å². The van der Waals surface area contributed by atoms with Gasteiger partial charge in [0.1, 0.15) is 5.75 Å². The van der Waals surface area contributed by atoms with Gasteiger partial charge >= 0.3 is 0 Å². The van der Waals surface area contributed by atoms with Crippen molar-refractivity contribution < 1.29 is 14.3 Å². The molecule has 6 heteroatoms. The summed E-state index contributed by atoms with van der Waals surface area (Å²) in [5, 5.41) is 3.57. The fraction of sp³-hybridized carbons (Fsp3) is 0.720. The van der Waals surface area contributed by atoms with Crippen molar-refractivity contribution in [2.24, 2.45) is 0 Å². The molecule has 31 heavy (non-hydrogen) atoms. The lowest BCUT2D eigenvalue weighted by Gasteiger charge is -2.50. The second kappa shape index (κ2) is 10.8. The number of benzene rings is 1. The quantitative estimate of drug-likeness (QED) is 0.611. The maximum atomic E-state index is 12.9. The van der Waals surface area contributed by atoms with Gasteiger partial charge in [0.05, 0.1) is 20.3 Å². The minimum atomic E-state index is 0.161. The summed E-state index contributed by atoms with van der Waals surface area (Å²) in [6.07, 6.45) is 9.07. The third-order valence-corrected chi connectivity index (χ3v) is 7.50. The van der Waals surface area contributed by atoms with Gasteiger partial charge in [0, 0.05) is 44.2 Å². The average Bonchev–Trinajstić information content (AvgIpc) is 3.17. The number of morpholine rings is 1. The van der Waals surface area contributed by atoms with Gasteiger partial charge in [-0.1, -0.05) is 31.4 Å². The van der Waals surface area contributed by atoms with E-state index in [2.05, 4.69) is 27.2 Å². The van der Waals surface area contributed by atoms with Crippen molar-refractivity contribution in [3.63, 3.8) is 0 Å². The summed E-state index contributed by atoms with van der Waals surface area (Å²) >= 11 is 0. The van der Waals surface area contributed by atoms with E-state index in [1.165, 1.54) is 37.7 Å². The molecule has 172 valence electrons. The number of amides is 1. The van der Waals surface area contributed by atoms with Gasteiger partial charge in [0.2, 0.25) is 5.91 Å². The lowest BCUT2D eigenvalue weighted by atomic mass is 9.79. The van der Waals surface area contributed by atoms with Crippen molar-refractivity contribution in [3.8, 4) is 5.75 Å². The van der Waals surface area contributed by atoms with E-state index in [1.54, 1.807) is 7.11 Å². The molecule has 2 heterocycles. The first-order chi connectivity index (χ1) is 15.2. The van der Waals surface area contributed by atoms with Gasteiger partial charge in [0.25, 0.3) is 0 Å². The highest BCUT2D eigenvalue weighted by molar-refractivity contribution is 5.78. The third-order valence-electron chi connectivity index (χ3n) is 7.50. The molecule has 4 rings (SSSR count). The van der Waals surface area contributed by atoms with Gasteiger partial charge in [-0.2, -0.15) is 0 Å². The van der Waals surface area contributed by atoms with E-state index in [-0.39, 0.29) is 5.54 Å². The number of carbonyl (C=O) groups is 1. The smallest absolute Gasteiger partial charge is 0.222 e. The van der Waals surface area contributed by atoms with Gasteiger partial charge in [-0.25, -0.2) is 0 Å². The van der Waals surface area contributed by atoms with E-state index >= 15 is 0 Å². The van der Waals surface area contributed by atoms with Gasteiger partial charge < -0.3 is 19.7 Å². The molecule has 3 aliphatic rings. The van der Waals surface area contributed by atoms with Crippen molar-refractivity contribution in [3.05, 3.63) is 29.8 Å². The number of hydrogen-bond acceptors (Lipinski definition) is 5. The van der Waals surface area contributed by atoms with Crippen molar-refractivity contribution in [2.75, 3.05) is 46.5 Å². The molecule has 1 N–H and O–H groups in total. The molecule has 2 saturated heterocycles. The number of methoxy groups -OCH3 is 1. The van der Waals surface area contributed by atoms with E-state index in [9.17, 15) is 4.79 Å². The Morgan fingerprint density at radius 1 is 1.19 bits per heavy atom. The fourth-order valence-electron chi connectivity index (χ4n) is 5.73. The minimum absolute atomic E-state index is 0.161. The molecule has 1 aliphatic carbocycles. The Kier molecular flexibility index (Phi) is 7.86. The van der Waals surface area contributed by atoms with E-state index in [0.717, 1.165) is 64.5 Å². The SMILES string of the molecule is COc1cccc(CNCC[C@H]2CCC(=O)N2CC2(N3CCOCC3)CCCCC2)c1. The van der Waals surface area contributed by atoms with Crippen LogP contribution in [0.5, 0.6) is 5.75 Å². The van der Waals surface area contributed by atoms with Gasteiger partial charge in [-0.15, -0.1) is 0 Å². The molecule has 1 amide bonds. The number of likely N-dealkylation sites (tertiary alicyclic amines) is 1. The molecule has 0 bridgehead atoms. The van der Waals surface area contributed by atoms with Crippen LogP contribution < -0.4 is 10.1 Å². The summed E-state index contributed by atoms with van der Waals surface area (Å²) < 4.78 is 10.9. The molecule has 1 atom stereocenters. The molecule has 2 aliphatic heterocycles. The Balaban J connectivity index is 1.33. The van der Waals surface area contributed by atoms with Crippen molar-refractivity contribution in [2.45, 2.75) is 69.5 Å². The van der Waals surface area contributed by atoms with Crippen LogP contribution in [-0.2, 0) is 16.1 Å². The van der Waals surface area contributed by atoms with Gasteiger partial charge in [0.15, 0.2) is 0 Å². The predicted octanol–water partition coefficient (Wildman–Crippen LogP) is 3.20. The highest BCUT2D eigenvalue weighted by Gasteiger charge is 2.43. The Labute approximate surface area is 187 Å². The van der Waals surface area contributed by atoms with Crippen LogP contribution in [0.1, 0.15) is 56.9 Å². The molecular weight excluding hydrogens is 390 g/mol. The van der Waals surface area contributed by atoms with Crippen molar-refractivity contribution in [1.29, 1.82) is 0 Å². The van der Waals surface area contributed by atoms with E-state index in [0.29, 0.717) is 18.4 Å². The van der Waals surface area contributed by atoms with E-state index in [4.69, 9.17) is 9.47 Å². The first kappa shape index (κ1) is 22.6. The summed E-state index contributed by atoms with van der Waals surface area (Å²) in [5.41, 5.74) is 1.39. The maximum absolute atomic E-state index is 12.9. The number of carbonyl (C=O) groups excluding carboxylic acids is 1. The Morgan fingerprint density at radius 3 is 2.77 bits per heavy atom. The normalized spacial score (nSPS) is 24.5. The fourth-order valence-corrected chi connectivity index (χ4v) is 5.73. The number of nitrogens with one attached hydrogen (secondary N) is 1. The molecular formula is C25H39N3O3. The van der Waals surface area contributed by atoms with Gasteiger partial charge in [-0.3, -0.25) is 9.69 Å². The van der Waals surface area contributed by atoms with E-state index in [1.807, 2.05) is 12.1 Å². The Morgan fingerprint density at radius 2 is 2.00 bits per heavy atom. The zero-order valence-corrected chi connectivity index (χ0v) is 19.1. The second-order valence-corrected chi connectivity index (χ2v) is 9.42. The highest BCUT2D eigenvalue weighted by Crippen LogP contribution is 2.37. The maximum Gasteiger partial charge on any atom is 0.222 e. The molecule has 0 spiro atoms. The predicted molar refractivity (Wildman–Crippen MR) is 122 cm³/mol. The molecule has 1 aromatic rings. The second-order valence-electron chi connectivity index (χ2n) is 9.42.